The van der Waals surface area contributed by atoms with E-state index in [0.717, 1.165) is 5.69 Å². The molecule has 0 aromatic heterocycles. The van der Waals surface area contributed by atoms with Crippen molar-refractivity contribution >= 4 is 23.0 Å². The molecule has 0 bridgehead atoms. The summed E-state index contributed by atoms with van der Waals surface area (Å²) < 4.78 is 0. The molecule has 0 unspecified atom stereocenters. The summed E-state index contributed by atoms with van der Waals surface area (Å²) in [6, 6.07) is 16.8. The second kappa shape index (κ2) is 5.63. The van der Waals surface area contributed by atoms with Crippen LogP contribution in [-0.2, 0) is 5.41 Å². The van der Waals surface area contributed by atoms with Gasteiger partial charge in [-0.25, -0.2) is 0 Å². The number of hydrogen-bond acceptors (Lipinski definition) is 1. The number of rotatable bonds is 2. The average molecular weight is 284 g/mol. The van der Waals surface area contributed by atoms with Crippen LogP contribution in [-0.4, -0.2) is 5.11 Å². The third-order valence-electron chi connectivity index (χ3n) is 3.24. The van der Waals surface area contributed by atoms with Crippen LogP contribution >= 0.6 is 12.2 Å². The molecule has 0 radical (unpaired) electrons. The molecule has 3 heteroatoms. The molecule has 104 valence electrons. The van der Waals surface area contributed by atoms with E-state index in [9.17, 15) is 0 Å². The molecule has 2 aromatic carbocycles. The van der Waals surface area contributed by atoms with Crippen LogP contribution in [0.4, 0.5) is 5.69 Å². The first-order valence-corrected chi connectivity index (χ1v) is 7.04. The van der Waals surface area contributed by atoms with Crippen molar-refractivity contribution in [3.05, 3.63) is 54.1 Å². The summed E-state index contributed by atoms with van der Waals surface area (Å²) in [6.07, 6.45) is 0. The first kappa shape index (κ1) is 14.5. The first-order valence-electron chi connectivity index (χ1n) is 6.64. The standard InChI is InChI=1S/C17H20N2S/c1-17(2,3)14-8-4-12(5-9-14)13-6-10-15(11-7-13)19-16(18)20/h4-11H,1-3H3,(H3,18,19,20). The van der Waals surface area contributed by atoms with Crippen molar-refractivity contribution < 1.29 is 0 Å². The molecular weight excluding hydrogens is 264 g/mol. The molecule has 0 spiro atoms. The third kappa shape index (κ3) is 3.58. The van der Waals surface area contributed by atoms with Crippen molar-refractivity contribution in [2.45, 2.75) is 26.2 Å². The van der Waals surface area contributed by atoms with Crippen LogP contribution in [0.15, 0.2) is 48.5 Å². The van der Waals surface area contributed by atoms with E-state index in [-0.39, 0.29) is 10.5 Å². The smallest absolute Gasteiger partial charge is 0.168 e. The van der Waals surface area contributed by atoms with E-state index in [1.54, 1.807) is 0 Å². The number of hydrogen-bond donors (Lipinski definition) is 2. The molecule has 0 aliphatic heterocycles. The lowest BCUT2D eigenvalue weighted by Crippen LogP contribution is -2.18. The third-order valence-corrected chi connectivity index (χ3v) is 3.34. The highest BCUT2D eigenvalue weighted by molar-refractivity contribution is 7.80. The van der Waals surface area contributed by atoms with Gasteiger partial charge in [0.1, 0.15) is 0 Å². The van der Waals surface area contributed by atoms with Gasteiger partial charge in [-0.1, -0.05) is 57.2 Å². The zero-order chi connectivity index (χ0) is 14.8. The predicted octanol–water partition coefficient (Wildman–Crippen LogP) is 4.31. The van der Waals surface area contributed by atoms with Gasteiger partial charge in [-0.05, 0) is 46.5 Å². The topological polar surface area (TPSA) is 38.0 Å². The lowest BCUT2D eigenvalue weighted by atomic mass is 9.86. The number of nitrogens with one attached hydrogen (secondary N) is 1. The Morgan fingerprint density at radius 3 is 1.75 bits per heavy atom. The Morgan fingerprint density at radius 2 is 1.35 bits per heavy atom. The fourth-order valence-electron chi connectivity index (χ4n) is 2.05. The van der Waals surface area contributed by atoms with E-state index < -0.39 is 0 Å². The fraction of sp³-hybridized carbons (Fsp3) is 0.235. The molecule has 0 amide bonds. The summed E-state index contributed by atoms with van der Waals surface area (Å²) in [5.74, 6) is 0. The summed E-state index contributed by atoms with van der Waals surface area (Å²) in [6.45, 7) is 6.66. The van der Waals surface area contributed by atoms with E-state index in [4.69, 9.17) is 18.0 Å². The van der Waals surface area contributed by atoms with Crippen LogP contribution in [0.1, 0.15) is 26.3 Å². The highest BCUT2D eigenvalue weighted by atomic mass is 32.1. The zero-order valence-electron chi connectivity index (χ0n) is 12.1. The summed E-state index contributed by atoms with van der Waals surface area (Å²) in [5, 5.41) is 3.21. The van der Waals surface area contributed by atoms with Crippen molar-refractivity contribution in [3.63, 3.8) is 0 Å². The van der Waals surface area contributed by atoms with Crippen molar-refractivity contribution in [1.82, 2.24) is 0 Å². The van der Waals surface area contributed by atoms with Gasteiger partial charge in [0.05, 0.1) is 0 Å². The minimum absolute atomic E-state index is 0.184. The monoisotopic (exact) mass is 284 g/mol. The minimum atomic E-state index is 0.184. The molecule has 2 rings (SSSR count). The average Bonchev–Trinajstić information content (AvgIpc) is 2.38. The number of anilines is 1. The van der Waals surface area contributed by atoms with E-state index in [2.05, 4.69) is 62.5 Å². The van der Waals surface area contributed by atoms with Crippen molar-refractivity contribution in [2.24, 2.45) is 5.73 Å². The Kier molecular flexibility index (Phi) is 4.09. The maximum Gasteiger partial charge on any atom is 0.168 e. The normalized spacial score (nSPS) is 11.2. The zero-order valence-corrected chi connectivity index (χ0v) is 12.9. The van der Waals surface area contributed by atoms with Crippen molar-refractivity contribution in [1.29, 1.82) is 0 Å². The van der Waals surface area contributed by atoms with Gasteiger partial charge < -0.3 is 11.1 Å². The van der Waals surface area contributed by atoms with E-state index >= 15 is 0 Å². The van der Waals surface area contributed by atoms with E-state index in [1.807, 2.05) is 12.1 Å². The van der Waals surface area contributed by atoms with Crippen LogP contribution in [0.5, 0.6) is 0 Å². The van der Waals surface area contributed by atoms with Gasteiger partial charge in [0, 0.05) is 5.69 Å². The Labute approximate surface area is 126 Å². The van der Waals surface area contributed by atoms with Gasteiger partial charge >= 0.3 is 0 Å². The Hall–Kier alpha value is -1.87. The van der Waals surface area contributed by atoms with Gasteiger partial charge in [-0.2, -0.15) is 0 Å². The molecule has 3 N–H and O–H groups in total. The predicted molar refractivity (Wildman–Crippen MR) is 91.0 cm³/mol. The van der Waals surface area contributed by atoms with Crippen molar-refractivity contribution in [2.75, 3.05) is 5.32 Å². The SMILES string of the molecule is CC(C)(C)c1ccc(-c2ccc(NC(N)=S)cc2)cc1. The second-order valence-electron chi connectivity index (χ2n) is 5.89. The van der Waals surface area contributed by atoms with Crippen LogP contribution in [0.25, 0.3) is 11.1 Å². The summed E-state index contributed by atoms with van der Waals surface area (Å²) in [4.78, 5) is 0. The summed E-state index contributed by atoms with van der Waals surface area (Å²) in [5.41, 5.74) is 10.3. The molecule has 0 atom stereocenters. The van der Waals surface area contributed by atoms with E-state index in [1.165, 1.54) is 16.7 Å². The number of thiocarbonyl (C=S) groups is 1. The molecule has 0 aliphatic carbocycles. The van der Waals surface area contributed by atoms with Gasteiger partial charge in [0.15, 0.2) is 5.11 Å². The van der Waals surface area contributed by atoms with Gasteiger partial charge in [-0.3, -0.25) is 0 Å². The largest absolute Gasteiger partial charge is 0.376 e. The van der Waals surface area contributed by atoms with Crippen LogP contribution in [0.3, 0.4) is 0 Å². The molecule has 2 nitrogen and oxygen atoms in total. The lowest BCUT2D eigenvalue weighted by Gasteiger charge is -2.19. The first-order chi connectivity index (χ1) is 9.36. The Morgan fingerprint density at radius 1 is 0.900 bits per heavy atom. The Bertz CT molecular complexity index is 592. The molecule has 0 saturated carbocycles. The maximum absolute atomic E-state index is 5.45. The quantitative estimate of drug-likeness (QED) is 0.807. The molecule has 0 saturated heterocycles. The van der Waals surface area contributed by atoms with Crippen LogP contribution < -0.4 is 11.1 Å². The molecule has 0 heterocycles. The highest BCUT2D eigenvalue weighted by Crippen LogP contribution is 2.26. The maximum atomic E-state index is 5.45. The molecule has 20 heavy (non-hydrogen) atoms. The van der Waals surface area contributed by atoms with Gasteiger partial charge in [-0.15, -0.1) is 0 Å². The molecule has 0 aliphatic rings. The summed E-state index contributed by atoms with van der Waals surface area (Å²) in [7, 11) is 0. The fourth-order valence-corrected chi connectivity index (χ4v) is 2.17. The number of nitrogens with two attached hydrogens (primary N) is 1. The summed E-state index contributed by atoms with van der Waals surface area (Å²) >= 11 is 4.82. The Balaban J connectivity index is 2.21. The molecule has 0 fully saturated rings. The van der Waals surface area contributed by atoms with Gasteiger partial charge in [0.25, 0.3) is 0 Å². The minimum Gasteiger partial charge on any atom is -0.376 e. The second-order valence-corrected chi connectivity index (χ2v) is 6.33. The number of benzene rings is 2. The van der Waals surface area contributed by atoms with E-state index in [0.29, 0.717) is 0 Å². The van der Waals surface area contributed by atoms with Crippen molar-refractivity contribution in [3.8, 4) is 11.1 Å². The lowest BCUT2D eigenvalue weighted by molar-refractivity contribution is 0.590. The van der Waals surface area contributed by atoms with Gasteiger partial charge in [0.2, 0.25) is 0 Å². The van der Waals surface area contributed by atoms with Crippen LogP contribution in [0, 0.1) is 0 Å². The molecule has 2 aromatic rings. The highest BCUT2D eigenvalue weighted by Gasteiger charge is 2.12. The van der Waals surface area contributed by atoms with Crippen LogP contribution in [0.2, 0.25) is 0 Å². The molecular formula is C17H20N2S.